The normalized spacial score (nSPS) is 43.1. The molecule has 1 unspecified atom stereocenters. The molecule has 0 radical (unpaired) electrons. The number of allylic oxidation sites excluding steroid dienone is 1. The van der Waals surface area contributed by atoms with E-state index >= 15 is 0 Å². The highest BCUT2D eigenvalue weighted by Gasteiger charge is 2.59. The molecule has 0 aromatic carbocycles. The standard InChI is InChI=1S/C39H69NO5S/c1-25(2)11-10-12-26(3)30-15-16-31-29-14-13-27-23-28(17-19-38(27,4)32(29)18-20-39(30,31)5)44-21-8-6-7-9-22-46-37-36(43)35(42)34(41)33(24-40)45-37/h13,25-26,28-37,41-43H,6-12,14-24,40H2,1-5H3/t26-,28?,29+,30-,31+,32+,33-,34-,35+,36+,37-,38+,39-/m1/s1. The predicted molar refractivity (Wildman–Crippen MR) is 189 cm³/mol. The summed E-state index contributed by atoms with van der Waals surface area (Å²) in [4.78, 5) is 0. The molecule has 6 nitrogen and oxygen atoms in total. The van der Waals surface area contributed by atoms with Crippen molar-refractivity contribution in [3.05, 3.63) is 11.6 Å². The van der Waals surface area contributed by atoms with Gasteiger partial charge in [0.1, 0.15) is 23.7 Å². The third kappa shape index (κ3) is 7.92. The first-order valence-electron chi connectivity index (χ1n) is 19.3. The number of hydrogen-bond donors (Lipinski definition) is 4. The van der Waals surface area contributed by atoms with E-state index in [-0.39, 0.29) is 6.54 Å². The Morgan fingerprint density at radius 2 is 1.70 bits per heavy atom. The minimum absolute atomic E-state index is 0.124. The van der Waals surface area contributed by atoms with Crippen molar-refractivity contribution in [1.82, 2.24) is 0 Å². The molecule has 266 valence electrons. The fraction of sp³-hybridized carbons (Fsp3) is 0.949. The van der Waals surface area contributed by atoms with Gasteiger partial charge in [0, 0.05) is 13.2 Å². The molecule has 3 saturated carbocycles. The number of thioether (sulfide) groups is 1. The monoisotopic (exact) mass is 663 g/mol. The van der Waals surface area contributed by atoms with Crippen LogP contribution in [-0.2, 0) is 9.47 Å². The summed E-state index contributed by atoms with van der Waals surface area (Å²) in [6, 6.07) is 0. The summed E-state index contributed by atoms with van der Waals surface area (Å²) in [6.45, 7) is 13.6. The van der Waals surface area contributed by atoms with Gasteiger partial charge in [-0.25, -0.2) is 0 Å². The Balaban J connectivity index is 1.02. The van der Waals surface area contributed by atoms with Gasteiger partial charge < -0.3 is 30.5 Å². The van der Waals surface area contributed by atoms with Crippen molar-refractivity contribution in [3.8, 4) is 0 Å². The summed E-state index contributed by atoms with van der Waals surface area (Å²) >= 11 is 1.51. The summed E-state index contributed by atoms with van der Waals surface area (Å²) in [5, 5.41) is 30.3. The lowest BCUT2D eigenvalue weighted by molar-refractivity contribution is -0.194. The molecule has 5 aliphatic rings. The smallest absolute Gasteiger partial charge is 0.132 e. The topological polar surface area (TPSA) is 105 Å². The van der Waals surface area contributed by atoms with Crippen molar-refractivity contribution in [2.45, 2.75) is 167 Å². The fourth-order valence-corrected chi connectivity index (χ4v) is 12.2. The molecule has 4 fully saturated rings. The third-order valence-corrected chi connectivity index (χ3v) is 15.1. The zero-order valence-corrected chi connectivity index (χ0v) is 30.7. The Bertz CT molecular complexity index is 991. The number of aliphatic hydroxyl groups is 3. The first-order valence-corrected chi connectivity index (χ1v) is 20.4. The summed E-state index contributed by atoms with van der Waals surface area (Å²) in [5.74, 6) is 6.17. The molecule has 7 heteroatoms. The summed E-state index contributed by atoms with van der Waals surface area (Å²) in [6.07, 6.45) is 18.4. The van der Waals surface area contributed by atoms with E-state index in [4.69, 9.17) is 15.2 Å². The van der Waals surface area contributed by atoms with E-state index in [0.717, 1.165) is 80.0 Å². The maximum Gasteiger partial charge on any atom is 0.132 e. The van der Waals surface area contributed by atoms with Gasteiger partial charge in [-0.15, -0.1) is 11.8 Å². The second kappa shape index (κ2) is 16.2. The van der Waals surface area contributed by atoms with Crippen LogP contribution in [0.25, 0.3) is 0 Å². The zero-order chi connectivity index (χ0) is 33.1. The predicted octanol–water partition coefficient (Wildman–Crippen LogP) is 7.47. The second-order valence-electron chi connectivity index (χ2n) is 17.1. The minimum Gasteiger partial charge on any atom is -0.388 e. The number of hydrogen-bond acceptors (Lipinski definition) is 7. The van der Waals surface area contributed by atoms with E-state index in [2.05, 4.69) is 40.7 Å². The van der Waals surface area contributed by atoms with Gasteiger partial charge in [0.15, 0.2) is 0 Å². The van der Waals surface area contributed by atoms with Crippen LogP contribution < -0.4 is 5.73 Å². The fourth-order valence-electron chi connectivity index (χ4n) is 11.1. The highest BCUT2D eigenvalue weighted by molar-refractivity contribution is 7.99. The molecule has 5 rings (SSSR count). The van der Waals surface area contributed by atoms with Crippen LogP contribution in [0.15, 0.2) is 11.6 Å². The summed E-state index contributed by atoms with van der Waals surface area (Å²) in [7, 11) is 0. The van der Waals surface area contributed by atoms with Crippen LogP contribution in [0.2, 0.25) is 0 Å². The van der Waals surface area contributed by atoms with Crippen molar-refractivity contribution < 1.29 is 24.8 Å². The first-order chi connectivity index (χ1) is 22.0. The van der Waals surface area contributed by atoms with Gasteiger partial charge in [-0.05, 0) is 116 Å². The maximum atomic E-state index is 10.3. The molecule has 46 heavy (non-hydrogen) atoms. The molecule has 0 aromatic heterocycles. The minimum atomic E-state index is -1.21. The maximum absolute atomic E-state index is 10.3. The lowest BCUT2D eigenvalue weighted by Crippen LogP contribution is -2.58. The van der Waals surface area contributed by atoms with E-state index in [9.17, 15) is 15.3 Å². The number of nitrogens with two attached hydrogens (primary N) is 1. The summed E-state index contributed by atoms with van der Waals surface area (Å²) in [5.41, 5.74) is 7.78. The molecule has 1 aliphatic heterocycles. The molecule has 0 bridgehead atoms. The third-order valence-electron chi connectivity index (χ3n) is 13.8. The highest BCUT2D eigenvalue weighted by atomic mass is 32.2. The van der Waals surface area contributed by atoms with E-state index in [0.29, 0.717) is 16.9 Å². The zero-order valence-electron chi connectivity index (χ0n) is 29.9. The Labute approximate surface area is 285 Å². The first kappa shape index (κ1) is 37.1. The van der Waals surface area contributed by atoms with Gasteiger partial charge in [0.05, 0.1) is 12.2 Å². The van der Waals surface area contributed by atoms with Crippen LogP contribution in [0, 0.1) is 46.3 Å². The molecule has 1 heterocycles. The lowest BCUT2D eigenvalue weighted by Gasteiger charge is -2.58. The molecule has 0 amide bonds. The van der Waals surface area contributed by atoms with Gasteiger partial charge in [-0.1, -0.05) is 78.4 Å². The Hall–Kier alpha value is -0.150. The van der Waals surface area contributed by atoms with E-state index in [1.807, 2.05) is 0 Å². The van der Waals surface area contributed by atoms with E-state index < -0.39 is 29.9 Å². The van der Waals surface area contributed by atoms with Crippen LogP contribution in [0.4, 0.5) is 0 Å². The largest absolute Gasteiger partial charge is 0.388 e. The quantitative estimate of drug-likeness (QED) is 0.106. The lowest BCUT2D eigenvalue weighted by atomic mass is 9.47. The van der Waals surface area contributed by atoms with Gasteiger partial charge >= 0.3 is 0 Å². The molecular weight excluding hydrogens is 594 g/mol. The van der Waals surface area contributed by atoms with Crippen molar-refractivity contribution >= 4 is 11.8 Å². The van der Waals surface area contributed by atoms with Crippen LogP contribution in [-0.4, -0.2) is 70.2 Å². The molecule has 13 atom stereocenters. The Morgan fingerprint density at radius 1 is 0.913 bits per heavy atom. The molecule has 4 aliphatic carbocycles. The average molecular weight is 664 g/mol. The van der Waals surface area contributed by atoms with Gasteiger partial charge in [0.25, 0.3) is 0 Å². The number of unbranched alkanes of at least 4 members (excludes halogenated alkanes) is 3. The molecule has 1 saturated heterocycles. The van der Waals surface area contributed by atoms with Crippen molar-refractivity contribution in [1.29, 1.82) is 0 Å². The van der Waals surface area contributed by atoms with Crippen molar-refractivity contribution in [3.63, 3.8) is 0 Å². The van der Waals surface area contributed by atoms with Gasteiger partial charge in [-0.3, -0.25) is 0 Å². The Morgan fingerprint density at radius 3 is 2.46 bits per heavy atom. The van der Waals surface area contributed by atoms with Crippen molar-refractivity contribution in [2.75, 3.05) is 18.9 Å². The van der Waals surface area contributed by atoms with Crippen molar-refractivity contribution in [2.24, 2.45) is 52.1 Å². The van der Waals surface area contributed by atoms with Crippen LogP contribution >= 0.6 is 11.8 Å². The molecular formula is C39H69NO5S. The molecule has 0 spiro atoms. The molecule has 5 N–H and O–H groups in total. The number of rotatable bonds is 15. The SMILES string of the molecule is CC(C)CCC[C@@H](C)[C@H]1CC[C@H]2[C@@H]3CC=C4CC(OCCCCCCS[C@H]5O[C@H](CN)[C@@H](O)[C@H](O)[C@@H]5O)CC[C@]4(C)[C@H]3CC[C@]12C. The number of ether oxygens (including phenoxy) is 2. The summed E-state index contributed by atoms with van der Waals surface area (Å²) < 4.78 is 12.2. The number of aliphatic hydroxyl groups excluding tert-OH is 3. The second-order valence-corrected chi connectivity index (χ2v) is 18.3. The van der Waals surface area contributed by atoms with Gasteiger partial charge in [0.2, 0.25) is 0 Å². The van der Waals surface area contributed by atoms with E-state index in [1.165, 1.54) is 76.0 Å². The average Bonchev–Trinajstić information content (AvgIpc) is 3.39. The molecule has 0 aromatic rings. The Kier molecular flexibility index (Phi) is 13.1. The van der Waals surface area contributed by atoms with Crippen LogP contribution in [0.5, 0.6) is 0 Å². The van der Waals surface area contributed by atoms with Crippen LogP contribution in [0.3, 0.4) is 0 Å². The van der Waals surface area contributed by atoms with E-state index in [1.54, 1.807) is 5.57 Å². The van der Waals surface area contributed by atoms with Crippen LogP contribution in [0.1, 0.15) is 131 Å². The number of fused-ring (bicyclic) bond motifs is 5. The highest BCUT2D eigenvalue weighted by Crippen LogP contribution is 2.67. The van der Waals surface area contributed by atoms with Gasteiger partial charge in [-0.2, -0.15) is 0 Å².